The maximum absolute atomic E-state index is 12.5. The lowest BCUT2D eigenvalue weighted by Crippen LogP contribution is -2.30. The van der Waals surface area contributed by atoms with Crippen LogP contribution in [0.3, 0.4) is 0 Å². The number of ether oxygens (including phenoxy) is 2. The summed E-state index contributed by atoms with van der Waals surface area (Å²) in [6.07, 6.45) is 1.76. The Morgan fingerprint density at radius 1 is 1.07 bits per heavy atom. The van der Waals surface area contributed by atoms with E-state index in [1.807, 2.05) is 44.2 Å². The molecule has 1 amide bonds. The van der Waals surface area contributed by atoms with Crippen LogP contribution < -0.4 is 9.47 Å². The van der Waals surface area contributed by atoms with Gasteiger partial charge in [0.25, 0.3) is 0 Å². The van der Waals surface area contributed by atoms with Gasteiger partial charge in [0.05, 0.1) is 0 Å². The van der Waals surface area contributed by atoms with Crippen molar-refractivity contribution in [2.24, 2.45) is 0 Å². The molecule has 0 saturated heterocycles. The van der Waals surface area contributed by atoms with E-state index in [-0.39, 0.29) is 5.91 Å². The summed E-state index contributed by atoms with van der Waals surface area (Å²) in [6.45, 7) is 6.70. The van der Waals surface area contributed by atoms with E-state index in [0.29, 0.717) is 36.8 Å². The van der Waals surface area contributed by atoms with Gasteiger partial charge in [0.1, 0.15) is 6.61 Å². The van der Waals surface area contributed by atoms with Crippen LogP contribution in [0.15, 0.2) is 52.5 Å². The van der Waals surface area contributed by atoms with Crippen LogP contribution in [0.5, 0.6) is 11.5 Å². The summed E-state index contributed by atoms with van der Waals surface area (Å²) >= 11 is 3.48. The van der Waals surface area contributed by atoms with Gasteiger partial charge in [-0.25, -0.2) is 4.79 Å². The molecule has 0 radical (unpaired) electrons. The number of carbonyl (C=O) groups is 2. The van der Waals surface area contributed by atoms with Crippen molar-refractivity contribution in [3.8, 4) is 11.5 Å². The SMILES string of the molecule is CCN(CC)C(=O)/C(C)=C/c1ccc(OCc2ccccc2Br)c(OCC(=O)O)c1. The number of halogens is 1. The second-order valence-corrected chi connectivity index (χ2v) is 7.43. The Labute approximate surface area is 185 Å². The number of likely N-dealkylation sites (N-methyl/N-ethyl adjacent to an activating group) is 1. The molecule has 0 aliphatic heterocycles. The standard InChI is InChI=1S/C23H26BrNO5/c1-4-25(5-2)23(28)16(3)12-17-10-11-20(21(13-17)30-15-22(26)27)29-14-18-8-6-7-9-19(18)24/h6-13H,4-5,14-15H2,1-3H3,(H,26,27)/b16-12+. The van der Waals surface area contributed by atoms with Gasteiger partial charge in [0, 0.05) is 28.7 Å². The van der Waals surface area contributed by atoms with Crippen molar-refractivity contribution >= 4 is 33.9 Å². The van der Waals surface area contributed by atoms with Crippen molar-refractivity contribution in [2.45, 2.75) is 27.4 Å². The molecular weight excluding hydrogens is 450 g/mol. The van der Waals surface area contributed by atoms with Crippen molar-refractivity contribution in [1.29, 1.82) is 0 Å². The highest BCUT2D eigenvalue weighted by Crippen LogP contribution is 2.31. The zero-order valence-corrected chi connectivity index (χ0v) is 18.9. The van der Waals surface area contributed by atoms with Crippen LogP contribution in [-0.4, -0.2) is 41.6 Å². The molecule has 0 unspecified atom stereocenters. The Morgan fingerprint density at radius 2 is 1.77 bits per heavy atom. The van der Waals surface area contributed by atoms with Gasteiger partial charge >= 0.3 is 5.97 Å². The van der Waals surface area contributed by atoms with E-state index in [9.17, 15) is 9.59 Å². The quantitative estimate of drug-likeness (QED) is 0.501. The molecule has 7 heteroatoms. The average Bonchev–Trinajstić information content (AvgIpc) is 2.73. The van der Waals surface area contributed by atoms with Crippen LogP contribution in [-0.2, 0) is 16.2 Å². The summed E-state index contributed by atoms with van der Waals surface area (Å²) in [5.74, 6) is -0.388. The topological polar surface area (TPSA) is 76.1 Å². The molecule has 30 heavy (non-hydrogen) atoms. The maximum Gasteiger partial charge on any atom is 0.341 e. The Hall–Kier alpha value is -2.80. The van der Waals surface area contributed by atoms with Gasteiger partial charge in [-0.3, -0.25) is 4.79 Å². The Morgan fingerprint density at radius 3 is 2.40 bits per heavy atom. The van der Waals surface area contributed by atoms with E-state index >= 15 is 0 Å². The molecule has 0 fully saturated rings. The molecule has 6 nitrogen and oxygen atoms in total. The first-order chi connectivity index (χ1) is 14.3. The van der Waals surface area contributed by atoms with Gasteiger partial charge < -0.3 is 19.5 Å². The number of carbonyl (C=O) groups excluding carboxylic acids is 1. The van der Waals surface area contributed by atoms with Crippen molar-refractivity contribution in [3.05, 3.63) is 63.6 Å². The fourth-order valence-corrected chi connectivity index (χ4v) is 3.23. The van der Waals surface area contributed by atoms with Crippen LogP contribution in [0.25, 0.3) is 6.08 Å². The molecule has 1 N–H and O–H groups in total. The van der Waals surface area contributed by atoms with Gasteiger partial charge in [0.2, 0.25) is 5.91 Å². The van der Waals surface area contributed by atoms with Gasteiger partial charge in [-0.2, -0.15) is 0 Å². The molecule has 0 aliphatic rings. The fourth-order valence-electron chi connectivity index (χ4n) is 2.83. The third-order valence-electron chi connectivity index (χ3n) is 4.43. The number of benzene rings is 2. The first-order valence-electron chi connectivity index (χ1n) is 9.68. The highest BCUT2D eigenvalue weighted by Gasteiger charge is 2.13. The van der Waals surface area contributed by atoms with Crippen molar-refractivity contribution in [1.82, 2.24) is 4.90 Å². The smallest absolute Gasteiger partial charge is 0.341 e. The third-order valence-corrected chi connectivity index (χ3v) is 5.20. The van der Waals surface area contributed by atoms with E-state index in [2.05, 4.69) is 15.9 Å². The summed E-state index contributed by atoms with van der Waals surface area (Å²) in [6, 6.07) is 12.9. The van der Waals surface area contributed by atoms with Gasteiger partial charge in [-0.15, -0.1) is 0 Å². The molecule has 0 aromatic heterocycles. The van der Waals surface area contributed by atoms with E-state index in [0.717, 1.165) is 15.6 Å². The number of aliphatic carboxylic acids is 1. The van der Waals surface area contributed by atoms with Gasteiger partial charge in [-0.05, 0) is 50.6 Å². The zero-order valence-electron chi connectivity index (χ0n) is 17.4. The monoisotopic (exact) mass is 475 g/mol. The second-order valence-electron chi connectivity index (χ2n) is 6.57. The molecule has 2 aromatic rings. The lowest BCUT2D eigenvalue weighted by molar-refractivity contribution is -0.139. The van der Waals surface area contributed by atoms with Crippen LogP contribution in [0, 0.1) is 0 Å². The number of carboxylic acids is 1. The molecule has 0 heterocycles. The Balaban J connectivity index is 2.26. The molecule has 0 aliphatic carbocycles. The van der Waals surface area contributed by atoms with Gasteiger partial charge in [-0.1, -0.05) is 40.2 Å². The lowest BCUT2D eigenvalue weighted by Gasteiger charge is -2.19. The number of hydrogen-bond acceptors (Lipinski definition) is 4. The summed E-state index contributed by atoms with van der Waals surface area (Å²) in [5.41, 5.74) is 2.26. The molecule has 0 saturated carbocycles. The molecule has 0 bridgehead atoms. The fraction of sp³-hybridized carbons (Fsp3) is 0.304. The summed E-state index contributed by atoms with van der Waals surface area (Å²) < 4.78 is 12.2. The number of rotatable bonds is 10. The van der Waals surface area contributed by atoms with Crippen molar-refractivity contribution < 1.29 is 24.2 Å². The zero-order chi connectivity index (χ0) is 22.1. The van der Waals surface area contributed by atoms with E-state index in [4.69, 9.17) is 14.6 Å². The normalized spacial score (nSPS) is 11.1. The first kappa shape index (κ1) is 23.5. The molecule has 2 rings (SSSR count). The summed E-state index contributed by atoms with van der Waals surface area (Å²) in [5, 5.41) is 8.98. The predicted molar refractivity (Wildman–Crippen MR) is 120 cm³/mol. The minimum absolute atomic E-state index is 0.0396. The van der Waals surface area contributed by atoms with Crippen molar-refractivity contribution in [3.63, 3.8) is 0 Å². The minimum atomic E-state index is -1.08. The molecule has 2 aromatic carbocycles. The molecule has 160 valence electrons. The lowest BCUT2D eigenvalue weighted by atomic mass is 10.1. The van der Waals surface area contributed by atoms with E-state index < -0.39 is 12.6 Å². The van der Waals surface area contributed by atoms with Gasteiger partial charge in [0.15, 0.2) is 18.1 Å². The van der Waals surface area contributed by atoms with Crippen LogP contribution >= 0.6 is 15.9 Å². The largest absolute Gasteiger partial charge is 0.485 e. The average molecular weight is 476 g/mol. The predicted octanol–water partition coefficient (Wildman–Crippen LogP) is 4.76. The highest BCUT2D eigenvalue weighted by molar-refractivity contribution is 9.10. The Bertz CT molecular complexity index is 922. The maximum atomic E-state index is 12.5. The number of hydrogen-bond donors (Lipinski definition) is 1. The Kier molecular flexibility index (Phi) is 8.92. The van der Waals surface area contributed by atoms with Crippen LogP contribution in [0.1, 0.15) is 31.9 Å². The first-order valence-corrected chi connectivity index (χ1v) is 10.5. The molecular formula is C23H26BrNO5. The summed E-state index contributed by atoms with van der Waals surface area (Å²) in [4.78, 5) is 25.2. The van der Waals surface area contributed by atoms with Crippen molar-refractivity contribution in [2.75, 3.05) is 19.7 Å². The number of carboxylic acid groups (broad SMARTS) is 1. The number of nitrogens with zero attached hydrogens (tertiary/aromatic N) is 1. The van der Waals surface area contributed by atoms with E-state index in [1.165, 1.54) is 0 Å². The van der Waals surface area contributed by atoms with E-state index in [1.54, 1.807) is 30.0 Å². The second kappa shape index (κ2) is 11.4. The third kappa shape index (κ3) is 6.62. The minimum Gasteiger partial charge on any atom is -0.485 e. The van der Waals surface area contributed by atoms with Crippen LogP contribution in [0.2, 0.25) is 0 Å². The number of amides is 1. The summed E-state index contributed by atoms with van der Waals surface area (Å²) in [7, 11) is 0. The molecule has 0 spiro atoms. The molecule has 0 atom stereocenters. The highest BCUT2D eigenvalue weighted by atomic mass is 79.9. The van der Waals surface area contributed by atoms with Crippen LogP contribution in [0.4, 0.5) is 0 Å².